The summed E-state index contributed by atoms with van der Waals surface area (Å²) in [6.07, 6.45) is 2.45. The summed E-state index contributed by atoms with van der Waals surface area (Å²) in [4.78, 5) is 23.7. The molecule has 0 aromatic heterocycles. The van der Waals surface area contributed by atoms with Gasteiger partial charge in [0.15, 0.2) is 24.7 Å². The lowest BCUT2D eigenvalue weighted by Gasteiger charge is -2.12. The summed E-state index contributed by atoms with van der Waals surface area (Å²) in [5, 5.41) is 11.6. The Morgan fingerprint density at radius 2 is 2.00 bits per heavy atom. The molecule has 1 amide bonds. The smallest absolute Gasteiger partial charge is 0.344 e. The van der Waals surface area contributed by atoms with Crippen LogP contribution in [0.5, 0.6) is 11.5 Å². The molecule has 8 heteroatoms. The number of methoxy groups -OCH3 is 1. The SMILES string of the molecule is C=CCc1ccc(OCC(=O)OCC(=O)Nc2ccc(C#N)c(Cl)c2)c(OC)c1. The first-order valence-electron chi connectivity index (χ1n) is 8.52. The number of nitrogens with zero attached hydrogens (tertiary/aromatic N) is 1. The number of carbonyl (C=O) groups excluding carboxylic acids is 2. The zero-order chi connectivity index (χ0) is 21.2. The van der Waals surface area contributed by atoms with Gasteiger partial charge in [-0.25, -0.2) is 4.79 Å². The minimum absolute atomic E-state index is 0.212. The molecular formula is C21H19ClN2O5. The van der Waals surface area contributed by atoms with Crippen LogP contribution in [0, 0.1) is 11.3 Å². The first-order valence-corrected chi connectivity index (χ1v) is 8.90. The Labute approximate surface area is 173 Å². The number of nitrogens with one attached hydrogen (secondary N) is 1. The van der Waals surface area contributed by atoms with Crippen LogP contribution in [0.15, 0.2) is 49.1 Å². The maximum atomic E-state index is 11.9. The van der Waals surface area contributed by atoms with Crippen LogP contribution < -0.4 is 14.8 Å². The summed E-state index contributed by atoms with van der Waals surface area (Å²) < 4.78 is 15.6. The van der Waals surface area contributed by atoms with Gasteiger partial charge in [-0.2, -0.15) is 5.26 Å². The van der Waals surface area contributed by atoms with Crippen molar-refractivity contribution < 1.29 is 23.8 Å². The lowest BCUT2D eigenvalue weighted by molar-refractivity contribution is -0.149. The first kappa shape index (κ1) is 21.8. The lowest BCUT2D eigenvalue weighted by atomic mass is 10.1. The van der Waals surface area contributed by atoms with Crippen LogP contribution in [-0.2, 0) is 20.7 Å². The van der Waals surface area contributed by atoms with E-state index in [2.05, 4.69) is 11.9 Å². The summed E-state index contributed by atoms with van der Waals surface area (Å²) in [6.45, 7) is 2.81. The predicted octanol–water partition coefficient (Wildman–Crippen LogP) is 3.51. The maximum Gasteiger partial charge on any atom is 0.344 e. The fourth-order valence-corrected chi connectivity index (χ4v) is 2.55. The summed E-state index contributed by atoms with van der Waals surface area (Å²) in [7, 11) is 1.50. The summed E-state index contributed by atoms with van der Waals surface area (Å²) >= 11 is 5.90. The Bertz CT molecular complexity index is 953. The third-order valence-electron chi connectivity index (χ3n) is 3.69. The number of halogens is 1. The average molecular weight is 415 g/mol. The Morgan fingerprint density at radius 1 is 1.21 bits per heavy atom. The highest BCUT2D eigenvalue weighted by atomic mass is 35.5. The van der Waals surface area contributed by atoms with Crippen molar-refractivity contribution in [3.8, 4) is 17.6 Å². The molecule has 0 saturated carbocycles. The zero-order valence-corrected chi connectivity index (χ0v) is 16.5. The molecule has 2 aromatic carbocycles. The van der Waals surface area contributed by atoms with Crippen molar-refractivity contribution in [2.45, 2.75) is 6.42 Å². The molecule has 29 heavy (non-hydrogen) atoms. The highest BCUT2D eigenvalue weighted by molar-refractivity contribution is 6.32. The lowest BCUT2D eigenvalue weighted by Crippen LogP contribution is -2.23. The fraction of sp³-hybridized carbons (Fsp3) is 0.190. The van der Waals surface area contributed by atoms with Crippen molar-refractivity contribution in [2.75, 3.05) is 25.6 Å². The second-order valence-electron chi connectivity index (χ2n) is 5.78. The highest BCUT2D eigenvalue weighted by Gasteiger charge is 2.12. The van der Waals surface area contributed by atoms with Gasteiger partial charge in [-0.3, -0.25) is 4.79 Å². The van der Waals surface area contributed by atoms with Gasteiger partial charge in [0.25, 0.3) is 5.91 Å². The second kappa shape index (κ2) is 10.7. The molecule has 2 aromatic rings. The monoisotopic (exact) mass is 414 g/mol. The number of anilines is 1. The van der Waals surface area contributed by atoms with E-state index in [1.54, 1.807) is 18.2 Å². The van der Waals surface area contributed by atoms with E-state index in [1.807, 2.05) is 12.1 Å². The van der Waals surface area contributed by atoms with Crippen LogP contribution >= 0.6 is 11.6 Å². The van der Waals surface area contributed by atoms with Crippen molar-refractivity contribution >= 4 is 29.2 Å². The molecule has 0 aliphatic rings. The minimum Gasteiger partial charge on any atom is -0.493 e. The van der Waals surface area contributed by atoms with Crippen molar-refractivity contribution in [1.82, 2.24) is 0 Å². The minimum atomic E-state index is -0.713. The molecule has 0 spiro atoms. The van der Waals surface area contributed by atoms with E-state index in [0.29, 0.717) is 29.2 Å². The molecule has 1 N–H and O–H groups in total. The maximum absolute atomic E-state index is 11.9. The van der Waals surface area contributed by atoms with Crippen LogP contribution in [-0.4, -0.2) is 32.2 Å². The average Bonchev–Trinajstić information content (AvgIpc) is 2.71. The number of hydrogen-bond acceptors (Lipinski definition) is 6. The molecule has 0 atom stereocenters. The second-order valence-corrected chi connectivity index (χ2v) is 6.19. The highest BCUT2D eigenvalue weighted by Crippen LogP contribution is 2.28. The van der Waals surface area contributed by atoms with E-state index in [4.69, 9.17) is 31.1 Å². The number of hydrogen-bond donors (Lipinski definition) is 1. The fourth-order valence-electron chi connectivity index (χ4n) is 2.33. The molecule has 0 unspecified atom stereocenters. The van der Waals surface area contributed by atoms with Gasteiger partial charge in [-0.15, -0.1) is 6.58 Å². The summed E-state index contributed by atoms with van der Waals surface area (Å²) in [6, 6.07) is 11.7. The van der Waals surface area contributed by atoms with E-state index in [9.17, 15) is 9.59 Å². The number of carbonyl (C=O) groups is 2. The van der Waals surface area contributed by atoms with E-state index < -0.39 is 18.5 Å². The first-order chi connectivity index (χ1) is 14.0. The third-order valence-corrected chi connectivity index (χ3v) is 4.00. The molecule has 0 radical (unpaired) electrons. The Morgan fingerprint density at radius 3 is 2.66 bits per heavy atom. The molecule has 0 aliphatic carbocycles. The molecule has 0 bridgehead atoms. The summed E-state index contributed by atoms with van der Waals surface area (Å²) in [5.41, 5.74) is 1.67. The number of rotatable bonds is 9. The number of benzene rings is 2. The molecule has 150 valence electrons. The number of esters is 1. The predicted molar refractivity (Wildman–Crippen MR) is 108 cm³/mol. The van der Waals surface area contributed by atoms with Gasteiger partial charge >= 0.3 is 5.97 Å². The molecule has 7 nitrogen and oxygen atoms in total. The number of amides is 1. The van der Waals surface area contributed by atoms with E-state index in [0.717, 1.165) is 5.56 Å². The largest absolute Gasteiger partial charge is 0.493 e. The van der Waals surface area contributed by atoms with Gasteiger partial charge in [0, 0.05) is 5.69 Å². The topological polar surface area (TPSA) is 97.6 Å². The van der Waals surface area contributed by atoms with E-state index >= 15 is 0 Å². The molecule has 2 rings (SSSR count). The quantitative estimate of drug-likeness (QED) is 0.498. The number of ether oxygens (including phenoxy) is 3. The van der Waals surface area contributed by atoms with Crippen LogP contribution in [0.4, 0.5) is 5.69 Å². The van der Waals surface area contributed by atoms with Crippen LogP contribution in [0.3, 0.4) is 0 Å². The Kier molecular flexibility index (Phi) is 8.07. The zero-order valence-electron chi connectivity index (χ0n) is 15.7. The number of allylic oxidation sites excluding steroid dienone is 1. The Hall–Kier alpha value is -3.50. The Balaban J connectivity index is 1.82. The van der Waals surface area contributed by atoms with Gasteiger partial charge in [0.05, 0.1) is 17.7 Å². The van der Waals surface area contributed by atoms with Gasteiger partial charge in [0.1, 0.15) is 6.07 Å². The van der Waals surface area contributed by atoms with Crippen molar-refractivity contribution in [2.24, 2.45) is 0 Å². The molecule has 0 saturated heterocycles. The third kappa shape index (κ3) is 6.55. The van der Waals surface area contributed by atoms with Crippen LogP contribution in [0.1, 0.15) is 11.1 Å². The molecule has 0 fully saturated rings. The summed E-state index contributed by atoms with van der Waals surface area (Å²) in [5.74, 6) is -0.401. The molecular weight excluding hydrogens is 396 g/mol. The van der Waals surface area contributed by atoms with E-state index in [-0.39, 0.29) is 11.6 Å². The van der Waals surface area contributed by atoms with Crippen LogP contribution in [0.2, 0.25) is 5.02 Å². The van der Waals surface area contributed by atoms with Gasteiger partial charge < -0.3 is 19.5 Å². The number of nitriles is 1. The van der Waals surface area contributed by atoms with Crippen molar-refractivity contribution in [1.29, 1.82) is 5.26 Å². The molecule has 0 aliphatic heterocycles. The van der Waals surface area contributed by atoms with Crippen molar-refractivity contribution in [3.05, 3.63) is 65.2 Å². The standard InChI is InChI=1S/C21H19ClN2O5/c1-3-4-14-5-8-18(19(9-14)27-2)28-13-21(26)29-12-20(25)24-16-7-6-15(11-23)17(22)10-16/h3,5-10H,1,4,12-13H2,2H3,(H,24,25). The van der Waals surface area contributed by atoms with Gasteiger partial charge in [-0.05, 0) is 42.3 Å². The van der Waals surface area contributed by atoms with E-state index in [1.165, 1.54) is 25.3 Å². The molecule has 0 heterocycles. The van der Waals surface area contributed by atoms with Gasteiger partial charge in [0.2, 0.25) is 0 Å². The van der Waals surface area contributed by atoms with Crippen molar-refractivity contribution in [3.63, 3.8) is 0 Å². The normalized spacial score (nSPS) is 9.83. The van der Waals surface area contributed by atoms with Gasteiger partial charge in [-0.1, -0.05) is 23.7 Å². The van der Waals surface area contributed by atoms with Crippen LogP contribution in [0.25, 0.3) is 0 Å².